The van der Waals surface area contributed by atoms with Crippen LogP contribution < -0.4 is 11.1 Å². The van der Waals surface area contributed by atoms with Crippen LogP contribution in [0.5, 0.6) is 0 Å². The maximum absolute atomic E-state index is 11.7. The van der Waals surface area contributed by atoms with E-state index in [-0.39, 0.29) is 5.09 Å². The molecule has 7 heteroatoms. The molecular formula is C10H19N3O3S. The summed E-state index contributed by atoms with van der Waals surface area (Å²) >= 11 is 0. The molecule has 1 heterocycles. The molecule has 0 spiro atoms. The third kappa shape index (κ3) is 3.81. The van der Waals surface area contributed by atoms with E-state index in [1.54, 1.807) is 6.07 Å². The van der Waals surface area contributed by atoms with Gasteiger partial charge in [-0.25, -0.2) is 12.7 Å². The minimum Gasteiger partial charge on any atom is -0.447 e. The van der Waals surface area contributed by atoms with Crippen LogP contribution in [0.1, 0.15) is 12.2 Å². The monoisotopic (exact) mass is 261 g/mol. The average molecular weight is 261 g/mol. The third-order valence-electron chi connectivity index (χ3n) is 2.23. The van der Waals surface area contributed by atoms with Crippen molar-refractivity contribution in [1.82, 2.24) is 9.62 Å². The first-order valence-electron chi connectivity index (χ1n) is 5.40. The standard InChI is InChI=1S/C10H19N3O3S/c1-13(2)17(14,15)10-5-4-9(16-10)8-12-7-3-6-11/h4-5,12H,3,6-8,11H2,1-2H3. The Bertz CT molecular complexity index is 439. The lowest BCUT2D eigenvalue weighted by Gasteiger charge is -2.07. The Balaban J connectivity index is 2.60. The molecule has 0 saturated carbocycles. The van der Waals surface area contributed by atoms with Gasteiger partial charge < -0.3 is 15.5 Å². The summed E-state index contributed by atoms with van der Waals surface area (Å²) in [6.07, 6.45) is 0.879. The molecule has 0 aliphatic carbocycles. The zero-order valence-electron chi connectivity index (χ0n) is 10.1. The Kier molecular flexibility index (Phi) is 5.13. The molecule has 0 aliphatic heterocycles. The van der Waals surface area contributed by atoms with Crippen molar-refractivity contribution >= 4 is 10.0 Å². The molecule has 0 bridgehead atoms. The number of hydrogen-bond acceptors (Lipinski definition) is 5. The molecular weight excluding hydrogens is 242 g/mol. The van der Waals surface area contributed by atoms with Crippen molar-refractivity contribution in [2.24, 2.45) is 5.73 Å². The molecule has 1 rings (SSSR count). The SMILES string of the molecule is CN(C)S(=O)(=O)c1ccc(CNCCCN)o1. The highest BCUT2D eigenvalue weighted by molar-refractivity contribution is 7.88. The van der Waals surface area contributed by atoms with Crippen LogP contribution in [-0.2, 0) is 16.6 Å². The van der Waals surface area contributed by atoms with Crippen LogP contribution in [-0.4, -0.2) is 39.9 Å². The molecule has 17 heavy (non-hydrogen) atoms. The van der Waals surface area contributed by atoms with E-state index in [1.807, 2.05) is 0 Å². The Morgan fingerprint density at radius 3 is 2.71 bits per heavy atom. The summed E-state index contributed by atoms with van der Waals surface area (Å²) in [5.41, 5.74) is 5.35. The second-order valence-corrected chi connectivity index (χ2v) is 5.91. The fraction of sp³-hybridized carbons (Fsp3) is 0.600. The van der Waals surface area contributed by atoms with Gasteiger partial charge in [-0.1, -0.05) is 0 Å². The van der Waals surface area contributed by atoms with E-state index in [2.05, 4.69) is 5.32 Å². The molecule has 0 fully saturated rings. The largest absolute Gasteiger partial charge is 0.447 e. The molecule has 0 saturated heterocycles. The van der Waals surface area contributed by atoms with Gasteiger partial charge in [-0.15, -0.1) is 0 Å². The normalized spacial score (nSPS) is 12.2. The number of furan rings is 1. The Hall–Kier alpha value is -0.890. The van der Waals surface area contributed by atoms with Gasteiger partial charge in [0.15, 0.2) is 0 Å². The van der Waals surface area contributed by atoms with Crippen LogP contribution in [0.25, 0.3) is 0 Å². The smallest absolute Gasteiger partial charge is 0.275 e. The van der Waals surface area contributed by atoms with Gasteiger partial charge in [0.1, 0.15) is 5.76 Å². The Morgan fingerprint density at radius 1 is 1.41 bits per heavy atom. The van der Waals surface area contributed by atoms with Gasteiger partial charge in [0.25, 0.3) is 10.0 Å². The molecule has 3 N–H and O–H groups in total. The van der Waals surface area contributed by atoms with Crippen LogP contribution in [0, 0.1) is 0 Å². The van der Waals surface area contributed by atoms with Crippen LogP contribution in [0.2, 0.25) is 0 Å². The van der Waals surface area contributed by atoms with E-state index in [0.29, 0.717) is 18.8 Å². The molecule has 0 aromatic carbocycles. The quantitative estimate of drug-likeness (QED) is 0.673. The highest BCUT2D eigenvalue weighted by Gasteiger charge is 2.21. The molecule has 1 aromatic heterocycles. The Morgan fingerprint density at radius 2 is 2.12 bits per heavy atom. The van der Waals surface area contributed by atoms with Crippen LogP contribution in [0.3, 0.4) is 0 Å². The summed E-state index contributed by atoms with van der Waals surface area (Å²) in [5.74, 6) is 0.599. The van der Waals surface area contributed by atoms with Crippen molar-refractivity contribution in [3.8, 4) is 0 Å². The fourth-order valence-corrected chi connectivity index (χ4v) is 2.02. The molecule has 0 atom stereocenters. The number of sulfonamides is 1. The van der Waals surface area contributed by atoms with Gasteiger partial charge in [0, 0.05) is 14.1 Å². The number of hydrogen-bond donors (Lipinski definition) is 2. The van der Waals surface area contributed by atoms with Gasteiger partial charge in [0.2, 0.25) is 5.09 Å². The van der Waals surface area contributed by atoms with Crippen molar-refractivity contribution in [2.75, 3.05) is 27.2 Å². The van der Waals surface area contributed by atoms with Crippen molar-refractivity contribution in [2.45, 2.75) is 18.1 Å². The molecule has 0 unspecified atom stereocenters. The number of nitrogens with two attached hydrogens (primary N) is 1. The zero-order valence-corrected chi connectivity index (χ0v) is 11.0. The molecule has 98 valence electrons. The minimum atomic E-state index is -3.47. The first-order valence-corrected chi connectivity index (χ1v) is 6.84. The van der Waals surface area contributed by atoms with Gasteiger partial charge in [-0.2, -0.15) is 0 Å². The van der Waals surface area contributed by atoms with Gasteiger partial charge >= 0.3 is 0 Å². The van der Waals surface area contributed by atoms with Crippen molar-refractivity contribution in [1.29, 1.82) is 0 Å². The van der Waals surface area contributed by atoms with Crippen LogP contribution in [0.15, 0.2) is 21.6 Å². The van der Waals surface area contributed by atoms with Crippen molar-refractivity contribution in [3.05, 3.63) is 17.9 Å². The third-order valence-corrected chi connectivity index (χ3v) is 3.92. The van der Waals surface area contributed by atoms with Gasteiger partial charge in [0.05, 0.1) is 6.54 Å². The lowest BCUT2D eigenvalue weighted by atomic mass is 10.4. The topological polar surface area (TPSA) is 88.6 Å². The van der Waals surface area contributed by atoms with E-state index in [1.165, 1.54) is 20.2 Å². The maximum atomic E-state index is 11.7. The van der Waals surface area contributed by atoms with Crippen molar-refractivity contribution < 1.29 is 12.8 Å². The van der Waals surface area contributed by atoms with E-state index < -0.39 is 10.0 Å². The zero-order chi connectivity index (χ0) is 12.9. The van der Waals surface area contributed by atoms with Gasteiger partial charge in [-0.05, 0) is 31.6 Å². The summed E-state index contributed by atoms with van der Waals surface area (Å²) in [5, 5.41) is 3.08. The number of nitrogens with zero attached hydrogens (tertiary/aromatic N) is 1. The van der Waals surface area contributed by atoms with E-state index in [9.17, 15) is 8.42 Å². The summed E-state index contributed by atoms with van der Waals surface area (Å²) in [7, 11) is -0.534. The first kappa shape index (κ1) is 14.2. The summed E-state index contributed by atoms with van der Waals surface area (Å²) in [6.45, 7) is 1.92. The summed E-state index contributed by atoms with van der Waals surface area (Å²) < 4.78 is 29.8. The fourth-order valence-electron chi connectivity index (χ4n) is 1.21. The average Bonchev–Trinajstić information content (AvgIpc) is 2.73. The van der Waals surface area contributed by atoms with Crippen LogP contribution >= 0.6 is 0 Å². The predicted molar refractivity (Wildman–Crippen MR) is 65.0 cm³/mol. The molecule has 0 aliphatic rings. The highest BCUT2D eigenvalue weighted by Crippen LogP contribution is 2.16. The lowest BCUT2D eigenvalue weighted by Crippen LogP contribution is -2.21. The van der Waals surface area contributed by atoms with E-state index >= 15 is 0 Å². The second-order valence-electron chi connectivity index (χ2n) is 3.83. The second kappa shape index (κ2) is 6.15. The molecule has 0 amide bonds. The highest BCUT2D eigenvalue weighted by atomic mass is 32.2. The number of nitrogens with one attached hydrogen (secondary N) is 1. The van der Waals surface area contributed by atoms with E-state index in [0.717, 1.165) is 17.3 Å². The summed E-state index contributed by atoms with van der Waals surface area (Å²) in [6, 6.07) is 3.13. The van der Waals surface area contributed by atoms with E-state index in [4.69, 9.17) is 10.2 Å². The van der Waals surface area contributed by atoms with Crippen LogP contribution in [0.4, 0.5) is 0 Å². The Labute approximate surface area is 102 Å². The predicted octanol–water partition coefficient (Wildman–Crippen LogP) is -0.0317. The molecule has 6 nitrogen and oxygen atoms in total. The number of rotatable bonds is 7. The minimum absolute atomic E-state index is 0.0295. The van der Waals surface area contributed by atoms with Gasteiger partial charge in [-0.3, -0.25) is 0 Å². The first-order chi connectivity index (χ1) is 7.98. The molecule has 0 radical (unpaired) electrons. The van der Waals surface area contributed by atoms with Crippen molar-refractivity contribution in [3.63, 3.8) is 0 Å². The molecule has 1 aromatic rings. The maximum Gasteiger partial charge on any atom is 0.275 e. The lowest BCUT2D eigenvalue weighted by molar-refractivity contribution is 0.389. The summed E-state index contributed by atoms with van der Waals surface area (Å²) in [4.78, 5) is 0.